The molecular formula is C9H16NO. The van der Waals surface area contributed by atoms with Crippen molar-refractivity contribution in [3.63, 3.8) is 0 Å². The molecule has 2 rings (SSSR count). The molecule has 63 valence electrons. The Labute approximate surface area is 68.5 Å². The lowest BCUT2D eigenvalue weighted by atomic mass is 10.2. The molecule has 2 nitrogen and oxygen atoms in total. The van der Waals surface area contributed by atoms with Crippen LogP contribution in [0.15, 0.2) is 0 Å². The molecule has 0 aromatic rings. The molecule has 1 radical (unpaired) electrons. The van der Waals surface area contributed by atoms with E-state index in [1.807, 2.05) is 0 Å². The third-order valence-electron chi connectivity index (χ3n) is 2.66. The van der Waals surface area contributed by atoms with E-state index in [4.69, 9.17) is 4.74 Å². The molecule has 2 heteroatoms. The zero-order chi connectivity index (χ0) is 7.52. The standard InChI is InChI=1S/C9H16NO/c1-2-4-9(3-1)10-5-7-11-8-6-10/h3,9H,1-2,4-8H2. The first-order valence-electron chi connectivity index (χ1n) is 4.62. The third-order valence-corrected chi connectivity index (χ3v) is 2.66. The minimum atomic E-state index is 0.777. The summed E-state index contributed by atoms with van der Waals surface area (Å²) < 4.78 is 5.30. The molecule has 0 bridgehead atoms. The van der Waals surface area contributed by atoms with Crippen LogP contribution >= 0.6 is 0 Å². The van der Waals surface area contributed by atoms with Crippen LogP contribution in [0.4, 0.5) is 0 Å². The summed E-state index contributed by atoms with van der Waals surface area (Å²) in [5.41, 5.74) is 0. The van der Waals surface area contributed by atoms with Crippen LogP contribution in [0.1, 0.15) is 19.3 Å². The molecule has 1 aliphatic carbocycles. The molecule has 0 amide bonds. The van der Waals surface area contributed by atoms with Crippen LogP contribution in [0.25, 0.3) is 0 Å². The number of nitrogens with zero attached hydrogens (tertiary/aromatic N) is 1. The first-order chi connectivity index (χ1) is 5.47. The molecule has 1 unspecified atom stereocenters. The van der Waals surface area contributed by atoms with Gasteiger partial charge < -0.3 is 4.74 Å². The van der Waals surface area contributed by atoms with Gasteiger partial charge in [-0.05, 0) is 19.3 Å². The fourth-order valence-corrected chi connectivity index (χ4v) is 2.00. The van der Waals surface area contributed by atoms with Crippen LogP contribution in [0.5, 0.6) is 0 Å². The summed E-state index contributed by atoms with van der Waals surface area (Å²) in [7, 11) is 0. The molecule has 0 N–H and O–H groups in total. The minimum absolute atomic E-state index is 0.777. The van der Waals surface area contributed by atoms with Gasteiger partial charge in [0.15, 0.2) is 0 Å². The molecule has 0 aromatic heterocycles. The van der Waals surface area contributed by atoms with Gasteiger partial charge in [0.2, 0.25) is 0 Å². The van der Waals surface area contributed by atoms with E-state index < -0.39 is 0 Å². The molecule has 1 saturated heterocycles. The summed E-state index contributed by atoms with van der Waals surface area (Å²) in [4.78, 5) is 2.55. The van der Waals surface area contributed by atoms with Gasteiger partial charge in [-0.15, -0.1) is 0 Å². The van der Waals surface area contributed by atoms with Crippen LogP contribution in [-0.2, 0) is 4.74 Å². The second-order valence-electron chi connectivity index (χ2n) is 3.38. The zero-order valence-corrected chi connectivity index (χ0v) is 6.96. The van der Waals surface area contributed by atoms with E-state index in [0.717, 1.165) is 32.3 Å². The third kappa shape index (κ3) is 1.74. The minimum Gasteiger partial charge on any atom is -0.379 e. The molecule has 1 heterocycles. The van der Waals surface area contributed by atoms with Gasteiger partial charge in [-0.1, -0.05) is 6.42 Å². The highest BCUT2D eigenvalue weighted by atomic mass is 16.5. The number of hydrogen-bond acceptors (Lipinski definition) is 2. The van der Waals surface area contributed by atoms with Gasteiger partial charge in [-0.25, -0.2) is 0 Å². The van der Waals surface area contributed by atoms with Crippen molar-refractivity contribution in [1.29, 1.82) is 0 Å². The summed E-state index contributed by atoms with van der Waals surface area (Å²) >= 11 is 0. The van der Waals surface area contributed by atoms with Crippen molar-refractivity contribution in [2.24, 2.45) is 0 Å². The maximum absolute atomic E-state index is 5.30. The summed E-state index contributed by atoms with van der Waals surface area (Å²) in [6.45, 7) is 4.15. The number of ether oxygens (including phenoxy) is 1. The van der Waals surface area contributed by atoms with Crippen LogP contribution in [0.3, 0.4) is 0 Å². The summed E-state index contributed by atoms with van der Waals surface area (Å²) in [5, 5.41) is 0. The lowest BCUT2D eigenvalue weighted by molar-refractivity contribution is 0.0241. The smallest absolute Gasteiger partial charge is 0.0594 e. The highest BCUT2D eigenvalue weighted by molar-refractivity contribution is 4.91. The quantitative estimate of drug-likeness (QED) is 0.560. The van der Waals surface area contributed by atoms with Gasteiger partial charge in [-0.2, -0.15) is 0 Å². The Hall–Kier alpha value is -0.0800. The van der Waals surface area contributed by atoms with Crippen molar-refractivity contribution in [2.75, 3.05) is 26.3 Å². The van der Waals surface area contributed by atoms with E-state index in [0.29, 0.717) is 0 Å². The van der Waals surface area contributed by atoms with Crippen LogP contribution in [0, 0.1) is 6.42 Å². The van der Waals surface area contributed by atoms with Gasteiger partial charge >= 0.3 is 0 Å². The van der Waals surface area contributed by atoms with Crippen molar-refractivity contribution in [3.05, 3.63) is 6.42 Å². The van der Waals surface area contributed by atoms with Crippen molar-refractivity contribution >= 4 is 0 Å². The largest absolute Gasteiger partial charge is 0.379 e. The van der Waals surface area contributed by atoms with E-state index in [1.54, 1.807) is 0 Å². The van der Waals surface area contributed by atoms with Gasteiger partial charge in [0.1, 0.15) is 0 Å². The Kier molecular flexibility index (Phi) is 2.44. The van der Waals surface area contributed by atoms with E-state index in [9.17, 15) is 0 Å². The van der Waals surface area contributed by atoms with E-state index in [2.05, 4.69) is 11.3 Å². The van der Waals surface area contributed by atoms with Crippen molar-refractivity contribution in [1.82, 2.24) is 4.90 Å². The Bertz CT molecular complexity index is 115. The van der Waals surface area contributed by atoms with E-state index in [-0.39, 0.29) is 0 Å². The maximum atomic E-state index is 5.30. The molecule has 11 heavy (non-hydrogen) atoms. The predicted molar refractivity (Wildman–Crippen MR) is 44.3 cm³/mol. The topological polar surface area (TPSA) is 12.5 Å². The van der Waals surface area contributed by atoms with Gasteiger partial charge in [-0.3, -0.25) is 4.90 Å². The number of hydrogen-bond donors (Lipinski definition) is 0. The second-order valence-corrected chi connectivity index (χ2v) is 3.38. The average Bonchev–Trinajstić information content (AvgIpc) is 2.58. The van der Waals surface area contributed by atoms with Crippen molar-refractivity contribution in [3.8, 4) is 0 Å². The van der Waals surface area contributed by atoms with Crippen LogP contribution in [0.2, 0.25) is 0 Å². The molecule has 1 saturated carbocycles. The van der Waals surface area contributed by atoms with Crippen LogP contribution < -0.4 is 0 Å². The predicted octanol–water partition coefficient (Wildman–Crippen LogP) is 1.08. The first kappa shape index (κ1) is 7.56. The number of morpholine rings is 1. The monoisotopic (exact) mass is 154 g/mol. The molecule has 2 aliphatic rings. The SMILES string of the molecule is [CH]1CCCC1N1CCOCC1. The Morgan fingerprint density at radius 3 is 2.73 bits per heavy atom. The van der Waals surface area contributed by atoms with Crippen molar-refractivity contribution < 1.29 is 4.74 Å². The van der Waals surface area contributed by atoms with Crippen molar-refractivity contribution in [2.45, 2.75) is 25.3 Å². The summed E-state index contributed by atoms with van der Waals surface area (Å²) in [5.74, 6) is 0. The average molecular weight is 154 g/mol. The highest BCUT2D eigenvalue weighted by Crippen LogP contribution is 2.22. The van der Waals surface area contributed by atoms with E-state index >= 15 is 0 Å². The molecule has 0 spiro atoms. The molecular weight excluding hydrogens is 138 g/mol. The Morgan fingerprint density at radius 2 is 2.09 bits per heavy atom. The van der Waals surface area contributed by atoms with Crippen LogP contribution in [-0.4, -0.2) is 37.2 Å². The van der Waals surface area contributed by atoms with Gasteiger partial charge in [0, 0.05) is 19.1 Å². The molecule has 2 fully saturated rings. The zero-order valence-electron chi connectivity index (χ0n) is 6.96. The first-order valence-corrected chi connectivity index (χ1v) is 4.62. The molecule has 0 aromatic carbocycles. The second kappa shape index (κ2) is 3.55. The summed E-state index contributed by atoms with van der Waals surface area (Å²) in [6, 6.07) is 0.777. The number of rotatable bonds is 1. The lowest BCUT2D eigenvalue weighted by Gasteiger charge is -2.31. The van der Waals surface area contributed by atoms with Gasteiger partial charge in [0.05, 0.1) is 13.2 Å². The molecule has 1 aliphatic heterocycles. The highest BCUT2D eigenvalue weighted by Gasteiger charge is 2.23. The van der Waals surface area contributed by atoms with E-state index in [1.165, 1.54) is 19.3 Å². The maximum Gasteiger partial charge on any atom is 0.0594 e. The lowest BCUT2D eigenvalue weighted by Crippen LogP contribution is -2.42. The normalized spacial score (nSPS) is 29.5. The summed E-state index contributed by atoms with van der Waals surface area (Å²) in [6.07, 6.45) is 6.55. The molecule has 1 atom stereocenters. The Balaban J connectivity index is 1.82. The fraction of sp³-hybridized carbons (Fsp3) is 0.889. The Morgan fingerprint density at radius 1 is 1.27 bits per heavy atom. The van der Waals surface area contributed by atoms with Gasteiger partial charge in [0.25, 0.3) is 0 Å². The fourth-order valence-electron chi connectivity index (χ4n) is 2.00.